The number of rotatable bonds is 2. The Kier molecular flexibility index (Phi) is 6.76. The number of alkyl halides is 3. The van der Waals surface area contributed by atoms with Crippen LogP contribution in [0.2, 0.25) is 0 Å². The summed E-state index contributed by atoms with van der Waals surface area (Å²) >= 11 is 2.24. The van der Waals surface area contributed by atoms with E-state index in [1.807, 2.05) is 6.92 Å². The molecule has 0 spiro atoms. The van der Waals surface area contributed by atoms with Crippen molar-refractivity contribution in [3.8, 4) is 0 Å². The van der Waals surface area contributed by atoms with Crippen LogP contribution >= 0.6 is 15.9 Å². The van der Waals surface area contributed by atoms with E-state index in [0.29, 0.717) is 0 Å². The number of halogens is 3. The maximum absolute atomic E-state index is 10.9. The zero-order valence-electron chi connectivity index (χ0n) is 8.72. The Morgan fingerprint density at radius 3 is 1.82 bits per heavy atom. The van der Waals surface area contributed by atoms with Gasteiger partial charge in [0.1, 0.15) is 0 Å². The van der Waals surface area contributed by atoms with Gasteiger partial charge in [-0.15, -0.1) is 0 Å². The summed E-state index contributed by atoms with van der Waals surface area (Å²) in [6.45, 7) is 1.84. The van der Waals surface area contributed by atoms with E-state index in [4.69, 9.17) is 9.66 Å². The Morgan fingerprint density at radius 1 is 1.24 bits per heavy atom. The highest BCUT2D eigenvalue weighted by molar-refractivity contribution is 9.09. The van der Waals surface area contributed by atoms with Gasteiger partial charge >= 0.3 is 0 Å². The van der Waals surface area contributed by atoms with E-state index < -0.39 is 21.6 Å². The highest BCUT2D eigenvalue weighted by Crippen LogP contribution is 2.08. The van der Waals surface area contributed by atoms with E-state index in [1.54, 1.807) is 12.1 Å². The molecule has 0 saturated heterocycles. The van der Waals surface area contributed by atoms with Crippen molar-refractivity contribution in [2.75, 3.05) is 0 Å². The number of hydrogen-bond donors (Lipinski definition) is 2. The molecule has 4 nitrogen and oxygen atoms in total. The fourth-order valence-electron chi connectivity index (χ4n) is 0.710. The highest BCUT2D eigenvalue weighted by Gasteiger charge is 2.10. The third-order valence-corrected chi connectivity index (χ3v) is 2.79. The van der Waals surface area contributed by atoms with E-state index in [1.165, 1.54) is 12.1 Å². The van der Waals surface area contributed by atoms with E-state index >= 15 is 0 Å². The standard InChI is InChI=1S/C7H8O3S.C2H3BrF2O/c1-6-2-4-7(5-3-6)11(8,9)10;3-1(6)2(4)5/h2-5H,1H3,(H,8,9,10);1-2,6H. The molecule has 2 N–H and O–H groups in total. The quantitative estimate of drug-likeness (QED) is 0.643. The van der Waals surface area contributed by atoms with E-state index in [2.05, 4.69) is 15.9 Å². The fourth-order valence-corrected chi connectivity index (χ4v) is 1.19. The predicted octanol–water partition coefficient (Wildman–Crippen LogP) is 2.21. The second kappa shape index (κ2) is 7.00. The predicted molar refractivity (Wildman–Crippen MR) is 61.9 cm³/mol. The van der Waals surface area contributed by atoms with Gasteiger partial charge in [0.05, 0.1) is 4.90 Å². The van der Waals surface area contributed by atoms with Crippen LogP contribution in [0, 0.1) is 6.92 Å². The second-order valence-electron chi connectivity index (χ2n) is 3.00. The highest BCUT2D eigenvalue weighted by atomic mass is 79.9. The monoisotopic (exact) mass is 332 g/mol. The van der Waals surface area contributed by atoms with Gasteiger partial charge in [-0.1, -0.05) is 33.6 Å². The van der Waals surface area contributed by atoms with Crippen LogP contribution < -0.4 is 0 Å². The minimum Gasteiger partial charge on any atom is -0.376 e. The number of aryl methyl sites for hydroxylation is 1. The van der Waals surface area contributed by atoms with Crippen LogP contribution in [0.3, 0.4) is 0 Å². The van der Waals surface area contributed by atoms with Crippen molar-refractivity contribution in [3.63, 3.8) is 0 Å². The summed E-state index contributed by atoms with van der Waals surface area (Å²) in [6.07, 6.45) is -2.68. The Bertz CT molecular complexity index is 425. The molecule has 0 aliphatic heterocycles. The lowest BCUT2D eigenvalue weighted by atomic mass is 10.2. The van der Waals surface area contributed by atoms with Gasteiger partial charge < -0.3 is 5.11 Å². The van der Waals surface area contributed by atoms with Crippen molar-refractivity contribution >= 4 is 26.0 Å². The minimum absolute atomic E-state index is 0.0666. The van der Waals surface area contributed by atoms with Gasteiger partial charge in [0.2, 0.25) is 0 Å². The van der Waals surface area contributed by atoms with Crippen molar-refractivity contribution in [2.45, 2.75) is 23.3 Å². The van der Waals surface area contributed by atoms with Crippen molar-refractivity contribution in [1.29, 1.82) is 0 Å². The normalized spacial score (nSPS) is 12.9. The van der Waals surface area contributed by atoms with Crippen molar-refractivity contribution in [3.05, 3.63) is 29.8 Å². The molecule has 0 aromatic heterocycles. The lowest BCUT2D eigenvalue weighted by Crippen LogP contribution is -2.06. The molecular formula is C9H11BrF2O4S. The molecule has 0 aliphatic rings. The molecule has 1 unspecified atom stereocenters. The van der Waals surface area contributed by atoms with Gasteiger partial charge in [0, 0.05) is 0 Å². The van der Waals surface area contributed by atoms with E-state index in [-0.39, 0.29) is 4.90 Å². The molecule has 0 amide bonds. The van der Waals surface area contributed by atoms with E-state index in [0.717, 1.165) is 5.56 Å². The first-order chi connectivity index (χ1) is 7.64. The summed E-state index contributed by atoms with van der Waals surface area (Å²) in [5.74, 6) is 0. The number of aliphatic hydroxyl groups excluding tert-OH is 1. The zero-order valence-corrected chi connectivity index (χ0v) is 11.1. The van der Waals surface area contributed by atoms with Crippen molar-refractivity contribution in [1.82, 2.24) is 0 Å². The van der Waals surface area contributed by atoms with Gasteiger partial charge in [-0.05, 0) is 19.1 Å². The Balaban J connectivity index is 0.000000366. The molecule has 0 aliphatic carbocycles. The van der Waals surface area contributed by atoms with Crippen molar-refractivity contribution < 1.29 is 26.9 Å². The van der Waals surface area contributed by atoms with Crippen LogP contribution in [-0.2, 0) is 10.1 Å². The summed E-state index contributed by atoms with van der Waals surface area (Å²) in [4.78, 5) is -0.0666. The zero-order chi connectivity index (χ0) is 13.6. The molecule has 0 radical (unpaired) electrons. The average molecular weight is 333 g/mol. The molecule has 0 fully saturated rings. The summed E-state index contributed by atoms with van der Waals surface area (Å²) in [5.41, 5.74) is 0.956. The first-order valence-corrected chi connectivity index (χ1v) is 6.64. The van der Waals surface area contributed by atoms with Crippen LogP contribution in [0.4, 0.5) is 8.78 Å². The minimum atomic E-state index is -4.02. The number of benzene rings is 1. The SMILES string of the molecule is Cc1ccc(S(=O)(=O)O)cc1.OC(Br)C(F)F. The van der Waals surface area contributed by atoms with Gasteiger partial charge in [-0.3, -0.25) is 4.55 Å². The average Bonchev–Trinajstić information content (AvgIpc) is 2.17. The van der Waals surface area contributed by atoms with Gasteiger partial charge in [-0.2, -0.15) is 8.42 Å². The van der Waals surface area contributed by atoms with Gasteiger partial charge in [0.15, 0.2) is 5.01 Å². The topological polar surface area (TPSA) is 74.6 Å². The molecule has 0 saturated carbocycles. The molecule has 1 rings (SSSR count). The second-order valence-corrected chi connectivity index (χ2v) is 5.35. The van der Waals surface area contributed by atoms with Crippen LogP contribution in [0.15, 0.2) is 29.2 Å². The molecule has 1 aromatic carbocycles. The van der Waals surface area contributed by atoms with E-state index in [9.17, 15) is 17.2 Å². The first kappa shape index (κ1) is 16.4. The molecule has 17 heavy (non-hydrogen) atoms. The maximum Gasteiger partial charge on any atom is 0.294 e. The third kappa shape index (κ3) is 7.37. The van der Waals surface area contributed by atoms with Crippen LogP contribution in [0.5, 0.6) is 0 Å². The summed E-state index contributed by atoms with van der Waals surface area (Å²) in [6, 6.07) is 5.99. The lowest BCUT2D eigenvalue weighted by Gasteiger charge is -1.95. The molecular weight excluding hydrogens is 322 g/mol. The number of hydrogen-bond acceptors (Lipinski definition) is 3. The molecule has 0 bridgehead atoms. The molecule has 98 valence electrons. The molecule has 1 atom stereocenters. The largest absolute Gasteiger partial charge is 0.376 e. The van der Waals surface area contributed by atoms with Crippen LogP contribution in [-0.4, -0.2) is 29.5 Å². The summed E-state index contributed by atoms with van der Waals surface area (Å²) < 4.78 is 51.3. The van der Waals surface area contributed by atoms with Crippen molar-refractivity contribution in [2.24, 2.45) is 0 Å². The Morgan fingerprint density at radius 2 is 1.59 bits per heavy atom. The van der Waals surface area contributed by atoms with Crippen LogP contribution in [0.25, 0.3) is 0 Å². The Hall–Kier alpha value is -0.570. The maximum atomic E-state index is 10.9. The number of aliphatic hydroxyl groups is 1. The summed E-state index contributed by atoms with van der Waals surface area (Å²) in [7, 11) is -4.02. The summed E-state index contributed by atoms with van der Waals surface area (Å²) in [5, 5.41) is 6.13. The van der Waals surface area contributed by atoms with Crippen LogP contribution in [0.1, 0.15) is 5.56 Å². The molecule has 8 heteroatoms. The fraction of sp³-hybridized carbons (Fsp3) is 0.333. The smallest absolute Gasteiger partial charge is 0.294 e. The van der Waals surface area contributed by atoms with Gasteiger partial charge in [0.25, 0.3) is 16.5 Å². The van der Waals surface area contributed by atoms with Gasteiger partial charge in [-0.25, -0.2) is 8.78 Å². The third-order valence-electron chi connectivity index (χ3n) is 1.53. The molecule has 0 heterocycles. The molecule has 1 aromatic rings. The first-order valence-electron chi connectivity index (χ1n) is 4.29. The lowest BCUT2D eigenvalue weighted by molar-refractivity contribution is 0.0522. The Labute approximate surface area is 106 Å².